The standard InChI is InChI=1S/C29H27BrClNO4/c1-16-6-12-20(31)15-22(16)32-25(17-7-10-19(11-8-17)29(2,3)4)24(27(34)28(32)35)26(33)18-9-13-23(36-5)21(30)14-18/h6-15,25,33H,1-5H3/b26-24+. The Balaban J connectivity index is 1.96. The third-order valence-electron chi connectivity index (χ3n) is 6.39. The number of amides is 1. The second kappa shape index (κ2) is 9.75. The molecule has 1 heterocycles. The van der Waals surface area contributed by atoms with Crippen molar-refractivity contribution >= 4 is 50.7 Å². The van der Waals surface area contributed by atoms with Gasteiger partial charge < -0.3 is 9.84 Å². The first-order valence-electron chi connectivity index (χ1n) is 11.5. The van der Waals surface area contributed by atoms with Gasteiger partial charge >= 0.3 is 0 Å². The lowest BCUT2D eigenvalue weighted by Crippen LogP contribution is -2.30. The molecular weight excluding hydrogens is 542 g/mol. The molecule has 0 spiro atoms. The molecule has 0 aromatic heterocycles. The summed E-state index contributed by atoms with van der Waals surface area (Å²) in [7, 11) is 1.54. The van der Waals surface area contributed by atoms with Gasteiger partial charge in [-0.05, 0) is 75.3 Å². The van der Waals surface area contributed by atoms with Crippen molar-refractivity contribution in [2.45, 2.75) is 39.2 Å². The van der Waals surface area contributed by atoms with E-state index in [0.29, 0.717) is 32.1 Å². The number of anilines is 1. The minimum absolute atomic E-state index is 0.0138. The third-order valence-corrected chi connectivity index (χ3v) is 7.25. The number of aliphatic hydroxyl groups is 1. The molecule has 3 aromatic carbocycles. The minimum atomic E-state index is -0.836. The van der Waals surface area contributed by atoms with Crippen LogP contribution in [0.15, 0.2) is 70.7 Å². The number of nitrogens with zero attached hydrogens (tertiary/aromatic N) is 1. The molecule has 0 bridgehead atoms. The summed E-state index contributed by atoms with van der Waals surface area (Å²) < 4.78 is 5.90. The normalized spacial score (nSPS) is 17.5. The Bertz CT molecular complexity index is 1390. The van der Waals surface area contributed by atoms with Crippen molar-refractivity contribution in [3.05, 3.63) is 98.0 Å². The van der Waals surface area contributed by atoms with Crippen molar-refractivity contribution in [3.63, 3.8) is 0 Å². The summed E-state index contributed by atoms with van der Waals surface area (Å²) in [5.74, 6) is -1.16. The van der Waals surface area contributed by atoms with Crippen LogP contribution in [0.4, 0.5) is 5.69 Å². The molecule has 0 radical (unpaired) electrons. The van der Waals surface area contributed by atoms with Crippen LogP contribution in [0.3, 0.4) is 0 Å². The van der Waals surface area contributed by atoms with Gasteiger partial charge in [-0.15, -0.1) is 0 Å². The molecule has 0 aliphatic carbocycles. The highest BCUT2D eigenvalue weighted by atomic mass is 79.9. The number of aryl methyl sites for hydroxylation is 1. The summed E-state index contributed by atoms with van der Waals surface area (Å²) in [5, 5.41) is 11.8. The van der Waals surface area contributed by atoms with Crippen molar-refractivity contribution in [1.29, 1.82) is 0 Å². The van der Waals surface area contributed by atoms with Crippen LogP contribution in [-0.4, -0.2) is 23.9 Å². The Morgan fingerprint density at radius 3 is 2.28 bits per heavy atom. The van der Waals surface area contributed by atoms with Crippen LogP contribution >= 0.6 is 27.5 Å². The SMILES string of the molecule is COc1ccc(/C(O)=C2\C(=O)C(=O)N(c3cc(Cl)ccc3C)C2c2ccc(C(C)(C)C)cc2)cc1Br. The summed E-state index contributed by atoms with van der Waals surface area (Å²) in [6, 6.07) is 17.2. The van der Waals surface area contributed by atoms with E-state index in [1.807, 2.05) is 31.2 Å². The lowest BCUT2D eigenvalue weighted by molar-refractivity contribution is -0.132. The second-order valence-corrected chi connectivity index (χ2v) is 11.1. The number of hydrogen-bond acceptors (Lipinski definition) is 4. The van der Waals surface area contributed by atoms with Gasteiger partial charge in [0.05, 0.1) is 23.2 Å². The first-order chi connectivity index (χ1) is 16.9. The van der Waals surface area contributed by atoms with E-state index in [9.17, 15) is 14.7 Å². The molecule has 1 amide bonds. The summed E-state index contributed by atoms with van der Waals surface area (Å²) in [5.41, 5.74) is 3.45. The monoisotopic (exact) mass is 567 g/mol. The van der Waals surface area contributed by atoms with Gasteiger partial charge in [0.2, 0.25) is 0 Å². The molecular formula is C29H27BrClNO4. The van der Waals surface area contributed by atoms with Gasteiger partial charge in [-0.3, -0.25) is 14.5 Å². The van der Waals surface area contributed by atoms with E-state index in [1.54, 1.807) is 43.5 Å². The lowest BCUT2D eigenvalue weighted by Gasteiger charge is -2.28. The minimum Gasteiger partial charge on any atom is -0.507 e. The number of carbonyl (C=O) groups excluding carboxylic acids is 2. The second-order valence-electron chi connectivity index (χ2n) is 9.82. The molecule has 1 saturated heterocycles. The highest BCUT2D eigenvalue weighted by Gasteiger charge is 2.47. The largest absolute Gasteiger partial charge is 0.507 e. The van der Waals surface area contributed by atoms with Crippen molar-refractivity contribution in [2.75, 3.05) is 12.0 Å². The zero-order valence-corrected chi connectivity index (χ0v) is 23.1. The Hall–Kier alpha value is -3.09. The molecule has 1 fully saturated rings. The predicted octanol–water partition coefficient (Wildman–Crippen LogP) is 7.34. The van der Waals surface area contributed by atoms with E-state index in [0.717, 1.165) is 11.1 Å². The van der Waals surface area contributed by atoms with Crippen LogP contribution in [0.1, 0.15) is 49.1 Å². The van der Waals surface area contributed by atoms with Crippen LogP contribution in [0.25, 0.3) is 5.76 Å². The van der Waals surface area contributed by atoms with Gasteiger partial charge in [-0.2, -0.15) is 0 Å². The topological polar surface area (TPSA) is 66.8 Å². The molecule has 1 aliphatic rings. The summed E-state index contributed by atoms with van der Waals surface area (Å²) in [6.07, 6.45) is 0. The number of hydrogen-bond donors (Lipinski definition) is 1. The lowest BCUT2D eigenvalue weighted by atomic mass is 9.85. The van der Waals surface area contributed by atoms with Gasteiger partial charge in [0.25, 0.3) is 11.7 Å². The molecule has 4 rings (SSSR count). The first-order valence-corrected chi connectivity index (χ1v) is 12.6. The fourth-order valence-electron chi connectivity index (χ4n) is 4.37. The molecule has 0 saturated carbocycles. The fourth-order valence-corrected chi connectivity index (χ4v) is 5.08. The predicted molar refractivity (Wildman–Crippen MR) is 147 cm³/mol. The van der Waals surface area contributed by atoms with Crippen LogP contribution in [0, 0.1) is 6.92 Å². The molecule has 5 nitrogen and oxygen atoms in total. The average Bonchev–Trinajstić information content (AvgIpc) is 3.10. The molecule has 36 heavy (non-hydrogen) atoms. The number of Topliss-reactive ketones (excluding diaryl/α,β-unsaturated/α-hetero) is 1. The molecule has 7 heteroatoms. The number of ether oxygens (including phenoxy) is 1. The number of ketones is 1. The fraction of sp³-hybridized carbons (Fsp3) is 0.241. The molecule has 1 unspecified atom stereocenters. The smallest absolute Gasteiger partial charge is 0.300 e. The maximum atomic E-state index is 13.5. The highest BCUT2D eigenvalue weighted by Crippen LogP contribution is 2.44. The van der Waals surface area contributed by atoms with Crippen LogP contribution in [0.2, 0.25) is 5.02 Å². The highest BCUT2D eigenvalue weighted by molar-refractivity contribution is 9.10. The summed E-state index contributed by atoms with van der Waals surface area (Å²) in [4.78, 5) is 28.3. The quantitative estimate of drug-likeness (QED) is 0.203. The van der Waals surface area contributed by atoms with Crippen molar-refractivity contribution in [1.82, 2.24) is 0 Å². The number of benzene rings is 3. The Kier molecular flexibility index (Phi) is 7.04. The van der Waals surface area contributed by atoms with E-state index in [1.165, 1.54) is 4.90 Å². The number of rotatable bonds is 4. The van der Waals surface area contributed by atoms with E-state index < -0.39 is 17.7 Å². The van der Waals surface area contributed by atoms with Crippen molar-refractivity contribution < 1.29 is 19.4 Å². The molecule has 1 N–H and O–H groups in total. The van der Waals surface area contributed by atoms with E-state index in [4.69, 9.17) is 16.3 Å². The molecule has 1 atom stereocenters. The number of methoxy groups -OCH3 is 1. The number of carbonyl (C=O) groups is 2. The van der Waals surface area contributed by atoms with Crippen LogP contribution in [0.5, 0.6) is 5.75 Å². The van der Waals surface area contributed by atoms with E-state index in [2.05, 4.69) is 36.7 Å². The van der Waals surface area contributed by atoms with E-state index in [-0.39, 0.29) is 16.7 Å². The van der Waals surface area contributed by atoms with Gasteiger partial charge in [0.15, 0.2) is 0 Å². The Morgan fingerprint density at radius 2 is 1.69 bits per heavy atom. The van der Waals surface area contributed by atoms with Crippen LogP contribution < -0.4 is 9.64 Å². The van der Waals surface area contributed by atoms with Crippen molar-refractivity contribution in [3.8, 4) is 5.75 Å². The molecule has 3 aromatic rings. The Morgan fingerprint density at radius 1 is 1.03 bits per heavy atom. The maximum Gasteiger partial charge on any atom is 0.300 e. The number of halogens is 2. The number of aliphatic hydroxyl groups excluding tert-OH is 1. The summed E-state index contributed by atoms with van der Waals surface area (Å²) in [6.45, 7) is 8.20. The average molecular weight is 569 g/mol. The van der Waals surface area contributed by atoms with Gasteiger partial charge in [-0.25, -0.2) is 0 Å². The zero-order chi connectivity index (χ0) is 26.4. The first kappa shape index (κ1) is 26.0. The van der Waals surface area contributed by atoms with Crippen LogP contribution in [-0.2, 0) is 15.0 Å². The third kappa shape index (κ3) is 4.67. The van der Waals surface area contributed by atoms with Gasteiger partial charge in [0, 0.05) is 16.3 Å². The maximum absolute atomic E-state index is 13.5. The zero-order valence-electron chi connectivity index (χ0n) is 20.7. The Labute approximate surface area is 224 Å². The molecule has 1 aliphatic heterocycles. The summed E-state index contributed by atoms with van der Waals surface area (Å²) >= 11 is 9.71. The van der Waals surface area contributed by atoms with Gasteiger partial charge in [-0.1, -0.05) is 62.7 Å². The van der Waals surface area contributed by atoms with Gasteiger partial charge in [0.1, 0.15) is 11.5 Å². The van der Waals surface area contributed by atoms with Crippen molar-refractivity contribution in [2.24, 2.45) is 0 Å². The molecule has 186 valence electrons. The van der Waals surface area contributed by atoms with E-state index >= 15 is 0 Å².